The first kappa shape index (κ1) is 66.1. The van der Waals surface area contributed by atoms with Crippen LogP contribution in [0, 0.1) is 0 Å². The van der Waals surface area contributed by atoms with Crippen molar-refractivity contribution in [1.82, 2.24) is 0 Å². The number of unbranched alkanes of at least 4 members (excludes halogenated alkanes) is 23. The molecule has 0 aromatic heterocycles. The maximum Gasteiger partial charge on any atom is 0.309 e. The Labute approximate surface area is 431 Å². The van der Waals surface area contributed by atoms with Crippen LogP contribution < -0.4 is 0 Å². The first-order valence-corrected chi connectivity index (χ1v) is 28.9. The van der Waals surface area contributed by atoms with Crippen LogP contribution >= 0.6 is 0 Å². The van der Waals surface area contributed by atoms with Gasteiger partial charge in [0.25, 0.3) is 0 Å². The van der Waals surface area contributed by atoms with Crippen molar-refractivity contribution in [3.63, 3.8) is 0 Å². The van der Waals surface area contributed by atoms with E-state index in [9.17, 15) is 14.4 Å². The predicted octanol–water partition coefficient (Wildman–Crippen LogP) is 19.5. The van der Waals surface area contributed by atoms with Crippen LogP contribution in [-0.4, -0.2) is 37.2 Å². The zero-order valence-electron chi connectivity index (χ0n) is 45.5. The molecule has 0 saturated heterocycles. The summed E-state index contributed by atoms with van der Waals surface area (Å²) in [6, 6.07) is 0. The number of hydrogen-bond donors (Lipinski definition) is 0. The molecule has 0 heterocycles. The van der Waals surface area contributed by atoms with E-state index in [0.717, 1.165) is 89.9 Å². The molecular formula is C64H106O6. The van der Waals surface area contributed by atoms with Crippen molar-refractivity contribution in [2.45, 2.75) is 264 Å². The lowest BCUT2D eigenvalue weighted by Gasteiger charge is -2.18. The van der Waals surface area contributed by atoms with Gasteiger partial charge >= 0.3 is 17.9 Å². The van der Waals surface area contributed by atoms with Crippen LogP contribution in [-0.2, 0) is 28.6 Å². The summed E-state index contributed by atoms with van der Waals surface area (Å²) < 4.78 is 16.8. The molecule has 0 rings (SSSR count). The summed E-state index contributed by atoms with van der Waals surface area (Å²) in [7, 11) is 0. The third-order valence-corrected chi connectivity index (χ3v) is 12.0. The normalized spacial score (nSPS) is 12.9. The number of carbonyl (C=O) groups excluding carboxylic acids is 3. The Balaban J connectivity index is 4.50. The highest BCUT2D eigenvalue weighted by atomic mass is 16.6. The van der Waals surface area contributed by atoms with E-state index in [-0.39, 0.29) is 31.6 Å². The van der Waals surface area contributed by atoms with E-state index in [1.54, 1.807) is 6.08 Å². The van der Waals surface area contributed by atoms with Gasteiger partial charge in [0.05, 0.1) is 6.42 Å². The first-order valence-electron chi connectivity index (χ1n) is 28.9. The summed E-state index contributed by atoms with van der Waals surface area (Å²) in [5.41, 5.74) is 0. The number of rotatable bonds is 51. The predicted molar refractivity (Wildman–Crippen MR) is 302 cm³/mol. The standard InChI is InChI=1S/C64H106O6/c1-4-7-10-13-16-19-22-25-28-30-32-34-36-39-42-45-48-51-54-57-63(66)69-60-61(59-68-62(65)56-53-50-47-44-41-38-35-27-24-21-18-15-12-9-6-3)70-64(67)58-55-52-49-46-43-40-37-33-31-29-26-23-20-17-14-11-8-5-2/h9,12,16,18-21,23,25,27-29,31,35,41,44,50,53,61H,4-8,10-11,13-15,17,22,24,26,30,32-34,36-40,42-43,45-49,51-52,54-60H2,1-3H3/b12-9-,19-16-,21-18-,23-20-,28-25-,31-29-,35-27-,44-41-,53-50-. The third kappa shape index (κ3) is 55.0. The average Bonchev–Trinajstić information content (AvgIpc) is 3.36. The number of hydrogen-bond acceptors (Lipinski definition) is 6. The second-order valence-corrected chi connectivity index (χ2v) is 18.8. The van der Waals surface area contributed by atoms with E-state index < -0.39 is 12.1 Å². The van der Waals surface area contributed by atoms with Crippen molar-refractivity contribution in [2.75, 3.05) is 13.2 Å². The van der Waals surface area contributed by atoms with E-state index in [0.29, 0.717) is 12.8 Å². The van der Waals surface area contributed by atoms with Crippen LogP contribution in [0.25, 0.3) is 0 Å². The molecule has 6 heteroatoms. The summed E-state index contributed by atoms with van der Waals surface area (Å²) in [5.74, 6) is -1.06. The topological polar surface area (TPSA) is 78.9 Å². The van der Waals surface area contributed by atoms with E-state index >= 15 is 0 Å². The van der Waals surface area contributed by atoms with E-state index in [1.165, 1.54) is 128 Å². The van der Waals surface area contributed by atoms with Crippen LogP contribution in [0.3, 0.4) is 0 Å². The molecule has 0 N–H and O–H groups in total. The fourth-order valence-electron chi connectivity index (χ4n) is 7.69. The Kier molecular flexibility index (Phi) is 54.4. The highest BCUT2D eigenvalue weighted by Crippen LogP contribution is 2.14. The first-order chi connectivity index (χ1) is 34.5. The van der Waals surface area contributed by atoms with Crippen molar-refractivity contribution in [1.29, 1.82) is 0 Å². The smallest absolute Gasteiger partial charge is 0.309 e. The monoisotopic (exact) mass is 971 g/mol. The molecule has 1 unspecified atom stereocenters. The molecule has 0 bridgehead atoms. The average molecular weight is 972 g/mol. The van der Waals surface area contributed by atoms with Gasteiger partial charge in [-0.3, -0.25) is 14.4 Å². The molecule has 1 atom stereocenters. The molecule has 70 heavy (non-hydrogen) atoms. The van der Waals surface area contributed by atoms with Crippen molar-refractivity contribution in [3.8, 4) is 0 Å². The lowest BCUT2D eigenvalue weighted by atomic mass is 10.1. The fraction of sp³-hybridized carbons (Fsp3) is 0.672. The molecule has 0 saturated carbocycles. The minimum absolute atomic E-state index is 0.115. The van der Waals surface area contributed by atoms with Gasteiger partial charge in [0.1, 0.15) is 13.2 Å². The molecule has 0 aliphatic rings. The fourth-order valence-corrected chi connectivity index (χ4v) is 7.69. The highest BCUT2D eigenvalue weighted by molar-refractivity contribution is 5.72. The zero-order chi connectivity index (χ0) is 50.7. The molecule has 0 fully saturated rings. The molecule has 398 valence electrons. The quantitative estimate of drug-likeness (QED) is 0.0262. The Hall–Kier alpha value is -3.93. The molecular weight excluding hydrogens is 865 g/mol. The highest BCUT2D eigenvalue weighted by Gasteiger charge is 2.19. The SMILES string of the molecule is CC/C=C\C/C=C\C/C=C\C/C=C\C/C=C\CC(=O)OCC(COC(=O)CCCCCCCCCCC/C=C\C/C=C\CCCCC)OC(=O)CCCCCCCCC/C=C\C/C=C\CCCCCC. The minimum Gasteiger partial charge on any atom is -0.462 e. The van der Waals surface area contributed by atoms with Crippen molar-refractivity contribution in [2.24, 2.45) is 0 Å². The molecule has 0 aliphatic carbocycles. The second kappa shape index (κ2) is 57.6. The van der Waals surface area contributed by atoms with Crippen molar-refractivity contribution >= 4 is 17.9 Å². The number of allylic oxidation sites excluding steroid dienone is 17. The van der Waals surface area contributed by atoms with Gasteiger partial charge in [0.15, 0.2) is 6.10 Å². The molecule has 0 aliphatic heterocycles. The van der Waals surface area contributed by atoms with Crippen LogP contribution in [0.2, 0.25) is 0 Å². The molecule has 0 radical (unpaired) electrons. The van der Waals surface area contributed by atoms with Gasteiger partial charge in [-0.25, -0.2) is 0 Å². The lowest BCUT2D eigenvalue weighted by molar-refractivity contribution is -0.166. The minimum atomic E-state index is -0.826. The van der Waals surface area contributed by atoms with E-state index in [4.69, 9.17) is 14.2 Å². The molecule has 0 aromatic carbocycles. The molecule has 0 amide bonds. The van der Waals surface area contributed by atoms with Gasteiger partial charge in [-0.15, -0.1) is 0 Å². The maximum absolute atomic E-state index is 12.9. The van der Waals surface area contributed by atoms with Gasteiger partial charge < -0.3 is 14.2 Å². The largest absolute Gasteiger partial charge is 0.462 e. The van der Waals surface area contributed by atoms with Crippen molar-refractivity contribution in [3.05, 3.63) is 109 Å². The summed E-state index contributed by atoms with van der Waals surface area (Å²) in [6.07, 6.45) is 78.1. The Morgan fingerprint density at radius 2 is 0.614 bits per heavy atom. The van der Waals surface area contributed by atoms with Gasteiger partial charge in [0, 0.05) is 12.8 Å². The maximum atomic E-state index is 12.9. The Morgan fingerprint density at radius 3 is 1.03 bits per heavy atom. The van der Waals surface area contributed by atoms with Gasteiger partial charge in [-0.2, -0.15) is 0 Å². The van der Waals surface area contributed by atoms with E-state index in [2.05, 4.69) is 118 Å². The molecule has 0 spiro atoms. The third-order valence-electron chi connectivity index (χ3n) is 12.0. The summed E-state index contributed by atoms with van der Waals surface area (Å²) in [4.78, 5) is 38.1. The van der Waals surface area contributed by atoms with Gasteiger partial charge in [0.2, 0.25) is 0 Å². The van der Waals surface area contributed by atoms with Gasteiger partial charge in [-0.05, 0) is 109 Å². The summed E-state index contributed by atoms with van der Waals surface area (Å²) in [5, 5.41) is 0. The Morgan fingerprint density at radius 1 is 0.314 bits per heavy atom. The van der Waals surface area contributed by atoms with Crippen molar-refractivity contribution < 1.29 is 28.6 Å². The van der Waals surface area contributed by atoms with Crippen LogP contribution in [0.4, 0.5) is 0 Å². The summed E-state index contributed by atoms with van der Waals surface area (Å²) >= 11 is 0. The number of esters is 3. The number of ether oxygens (including phenoxy) is 3. The van der Waals surface area contributed by atoms with Crippen LogP contribution in [0.15, 0.2) is 109 Å². The van der Waals surface area contributed by atoms with Crippen LogP contribution in [0.1, 0.15) is 258 Å². The van der Waals surface area contributed by atoms with Gasteiger partial charge in [-0.1, -0.05) is 239 Å². The Bertz CT molecular complexity index is 1440. The molecule has 0 aromatic rings. The second-order valence-electron chi connectivity index (χ2n) is 18.8. The lowest BCUT2D eigenvalue weighted by Crippen LogP contribution is -2.30. The number of carbonyl (C=O) groups is 3. The summed E-state index contributed by atoms with van der Waals surface area (Å²) in [6.45, 7) is 6.39. The molecule has 6 nitrogen and oxygen atoms in total. The zero-order valence-corrected chi connectivity index (χ0v) is 45.5. The van der Waals surface area contributed by atoms with E-state index in [1.807, 2.05) is 6.08 Å². The van der Waals surface area contributed by atoms with Crippen LogP contribution in [0.5, 0.6) is 0 Å².